The van der Waals surface area contributed by atoms with E-state index < -0.39 is 0 Å². The molecule has 1 N–H and O–H groups in total. The summed E-state index contributed by atoms with van der Waals surface area (Å²) in [7, 11) is 0. The van der Waals surface area contributed by atoms with Gasteiger partial charge in [0.15, 0.2) is 5.82 Å². The van der Waals surface area contributed by atoms with Crippen LogP contribution < -0.4 is 4.90 Å². The Morgan fingerprint density at radius 2 is 1.83 bits per heavy atom. The summed E-state index contributed by atoms with van der Waals surface area (Å²) in [5.41, 5.74) is 5.08. The van der Waals surface area contributed by atoms with E-state index in [9.17, 15) is 0 Å². The largest absolute Gasteiger partial charge is 0.378 e. The van der Waals surface area contributed by atoms with Gasteiger partial charge in [-0.3, -0.25) is 5.10 Å². The van der Waals surface area contributed by atoms with Crippen LogP contribution in [0.25, 0.3) is 33.5 Å². The second-order valence-corrected chi connectivity index (χ2v) is 7.50. The van der Waals surface area contributed by atoms with E-state index in [1.165, 1.54) is 5.56 Å². The van der Waals surface area contributed by atoms with Gasteiger partial charge in [0.05, 0.1) is 18.7 Å². The van der Waals surface area contributed by atoms with Crippen molar-refractivity contribution in [2.45, 2.75) is 19.8 Å². The number of ether oxygens (including phenoxy) is 1. The number of pyridine rings is 1. The number of nitrogens with zero attached hydrogens (tertiary/aromatic N) is 5. The molecule has 1 saturated heterocycles. The quantitative estimate of drug-likeness (QED) is 0.548. The molecule has 0 unspecified atom stereocenters. The number of nitrogens with one attached hydrogen (secondary N) is 1. The maximum absolute atomic E-state index is 5.46. The highest BCUT2D eigenvalue weighted by Gasteiger charge is 2.15. The molecule has 0 radical (unpaired) electrons. The van der Waals surface area contributed by atoms with Crippen molar-refractivity contribution in [3.8, 4) is 22.6 Å². The van der Waals surface area contributed by atoms with Crippen molar-refractivity contribution in [3.63, 3.8) is 0 Å². The lowest BCUT2D eigenvalue weighted by atomic mass is 10.1. The van der Waals surface area contributed by atoms with Crippen LogP contribution in [-0.2, 0) is 11.2 Å². The zero-order chi connectivity index (χ0) is 20.3. The Bertz CT molecular complexity index is 1150. The van der Waals surface area contributed by atoms with Gasteiger partial charge in [-0.2, -0.15) is 5.10 Å². The second kappa shape index (κ2) is 8.20. The lowest BCUT2D eigenvalue weighted by molar-refractivity contribution is 0.122. The van der Waals surface area contributed by atoms with Crippen LogP contribution in [0.3, 0.4) is 0 Å². The SMILES string of the molecule is CCCc1cnc(-c2ccc3[nH]nc(-c4ccnc(N5CCOCC5)c4)c3c2)nc1. The standard InChI is InChI=1S/C23H24N6O/c1-2-3-16-14-25-23(26-15-16)18-4-5-20-19(12-18)22(28-27-20)17-6-7-24-21(13-17)29-8-10-30-11-9-29/h4-7,12-15H,2-3,8-11H2,1H3,(H,27,28). The number of morpholine rings is 1. The topological polar surface area (TPSA) is 79.8 Å². The Morgan fingerprint density at radius 3 is 2.63 bits per heavy atom. The van der Waals surface area contributed by atoms with Crippen molar-refractivity contribution >= 4 is 16.7 Å². The summed E-state index contributed by atoms with van der Waals surface area (Å²) in [6, 6.07) is 10.3. The van der Waals surface area contributed by atoms with Gasteiger partial charge in [-0.15, -0.1) is 0 Å². The molecule has 1 aromatic carbocycles. The van der Waals surface area contributed by atoms with Crippen molar-refractivity contribution in [2.75, 3.05) is 31.2 Å². The third-order valence-electron chi connectivity index (χ3n) is 5.42. The molecule has 4 heterocycles. The number of hydrogen-bond donors (Lipinski definition) is 1. The summed E-state index contributed by atoms with van der Waals surface area (Å²) in [5, 5.41) is 8.78. The lowest BCUT2D eigenvalue weighted by Gasteiger charge is -2.27. The summed E-state index contributed by atoms with van der Waals surface area (Å²) in [5.74, 6) is 1.69. The highest BCUT2D eigenvalue weighted by molar-refractivity contribution is 5.95. The minimum absolute atomic E-state index is 0.729. The number of aryl methyl sites for hydroxylation is 1. The van der Waals surface area contributed by atoms with Crippen LogP contribution >= 0.6 is 0 Å². The molecule has 0 atom stereocenters. The summed E-state index contributed by atoms with van der Waals surface area (Å²) < 4.78 is 5.46. The van der Waals surface area contributed by atoms with E-state index in [1.807, 2.05) is 36.8 Å². The number of hydrogen-bond acceptors (Lipinski definition) is 6. The fourth-order valence-electron chi connectivity index (χ4n) is 3.83. The van der Waals surface area contributed by atoms with E-state index in [1.54, 1.807) is 0 Å². The molecule has 0 spiro atoms. The zero-order valence-electron chi connectivity index (χ0n) is 17.0. The van der Waals surface area contributed by atoms with Crippen LogP contribution in [0.4, 0.5) is 5.82 Å². The lowest BCUT2D eigenvalue weighted by Crippen LogP contribution is -2.36. The van der Waals surface area contributed by atoms with Crippen LogP contribution in [0.1, 0.15) is 18.9 Å². The van der Waals surface area contributed by atoms with Crippen molar-refractivity contribution in [1.29, 1.82) is 0 Å². The number of benzene rings is 1. The Labute approximate surface area is 175 Å². The third kappa shape index (κ3) is 3.64. The van der Waals surface area contributed by atoms with Crippen molar-refractivity contribution in [2.24, 2.45) is 0 Å². The first-order valence-electron chi connectivity index (χ1n) is 10.4. The Morgan fingerprint density at radius 1 is 1.00 bits per heavy atom. The first kappa shape index (κ1) is 18.7. The maximum atomic E-state index is 5.46. The molecule has 0 amide bonds. The van der Waals surface area contributed by atoms with Crippen LogP contribution in [0.2, 0.25) is 0 Å². The molecule has 0 bridgehead atoms. The zero-order valence-corrected chi connectivity index (χ0v) is 17.0. The van der Waals surface area contributed by atoms with E-state index in [2.05, 4.69) is 49.1 Å². The highest BCUT2D eigenvalue weighted by Crippen LogP contribution is 2.31. The van der Waals surface area contributed by atoms with Crippen molar-refractivity contribution in [1.82, 2.24) is 25.1 Å². The number of H-pyrrole nitrogens is 1. The van der Waals surface area contributed by atoms with Crippen LogP contribution in [-0.4, -0.2) is 51.5 Å². The van der Waals surface area contributed by atoms with Gasteiger partial charge >= 0.3 is 0 Å². The highest BCUT2D eigenvalue weighted by atomic mass is 16.5. The average molecular weight is 400 g/mol. The predicted octanol–water partition coefficient (Wildman–Crippen LogP) is 3.87. The van der Waals surface area contributed by atoms with Crippen LogP contribution in [0.15, 0.2) is 48.9 Å². The van der Waals surface area contributed by atoms with Gasteiger partial charge in [0.1, 0.15) is 11.5 Å². The van der Waals surface area contributed by atoms with Gasteiger partial charge in [0.2, 0.25) is 0 Å². The van der Waals surface area contributed by atoms with Crippen LogP contribution in [0.5, 0.6) is 0 Å². The van der Waals surface area contributed by atoms with Gasteiger partial charge in [-0.25, -0.2) is 15.0 Å². The number of aromatic amines is 1. The summed E-state index contributed by atoms with van der Waals surface area (Å²) in [4.78, 5) is 15.9. The molecule has 152 valence electrons. The predicted molar refractivity (Wildman–Crippen MR) is 117 cm³/mol. The number of fused-ring (bicyclic) bond motifs is 1. The molecular formula is C23H24N6O. The fourth-order valence-corrected chi connectivity index (χ4v) is 3.83. The summed E-state index contributed by atoms with van der Waals surface area (Å²) in [6.07, 6.45) is 7.78. The molecular weight excluding hydrogens is 376 g/mol. The average Bonchev–Trinajstić information content (AvgIpc) is 3.24. The Hall–Kier alpha value is -3.32. The minimum Gasteiger partial charge on any atom is -0.378 e. The summed E-state index contributed by atoms with van der Waals surface area (Å²) >= 11 is 0. The molecule has 7 heteroatoms. The molecule has 7 nitrogen and oxygen atoms in total. The minimum atomic E-state index is 0.729. The van der Waals surface area contributed by atoms with Crippen LogP contribution in [0, 0.1) is 0 Å². The first-order chi connectivity index (χ1) is 14.8. The van der Waals surface area contributed by atoms with E-state index in [0.29, 0.717) is 0 Å². The van der Waals surface area contributed by atoms with Gasteiger partial charge in [-0.1, -0.05) is 13.3 Å². The van der Waals surface area contributed by atoms with Crippen molar-refractivity contribution in [3.05, 3.63) is 54.5 Å². The van der Waals surface area contributed by atoms with E-state index in [0.717, 1.165) is 78.5 Å². The Kier molecular flexibility index (Phi) is 5.11. The number of aromatic nitrogens is 5. The van der Waals surface area contributed by atoms with Gasteiger partial charge in [-0.05, 0) is 42.3 Å². The normalized spacial score (nSPS) is 14.4. The van der Waals surface area contributed by atoms with E-state index in [4.69, 9.17) is 4.74 Å². The number of anilines is 1. The third-order valence-corrected chi connectivity index (χ3v) is 5.42. The molecule has 1 fully saturated rings. The summed E-state index contributed by atoms with van der Waals surface area (Å²) in [6.45, 7) is 5.34. The molecule has 0 saturated carbocycles. The van der Waals surface area contributed by atoms with Gasteiger partial charge in [0, 0.05) is 48.2 Å². The fraction of sp³-hybridized carbons (Fsp3) is 0.304. The van der Waals surface area contributed by atoms with Crippen molar-refractivity contribution < 1.29 is 4.74 Å². The van der Waals surface area contributed by atoms with Gasteiger partial charge in [0.25, 0.3) is 0 Å². The monoisotopic (exact) mass is 400 g/mol. The van der Waals surface area contributed by atoms with E-state index >= 15 is 0 Å². The van der Waals surface area contributed by atoms with E-state index in [-0.39, 0.29) is 0 Å². The maximum Gasteiger partial charge on any atom is 0.159 e. The molecule has 30 heavy (non-hydrogen) atoms. The molecule has 1 aliphatic heterocycles. The Balaban J connectivity index is 1.50. The number of rotatable bonds is 5. The molecule has 3 aromatic heterocycles. The second-order valence-electron chi connectivity index (χ2n) is 7.50. The molecule has 5 rings (SSSR count). The molecule has 1 aliphatic rings. The van der Waals surface area contributed by atoms with Gasteiger partial charge < -0.3 is 9.64 Å². The smallest absolute Gasteiger partial charge is 0.159 e. The first-order valence-corrected chi connectivity index (χ1v) is 10.4. The molecule has 0 aliphatic carbocycles. The molecule has 4 aromatic rings.